The van der Waals surface area contributed by atoms with E-state index < -0.39 is 4.92 Å². The number of nitrogens with one attached hydrogen (secondary N) is 2. The molecule has 1 fully saturated rings. The molecule has 2 rings (SSSR count). The van der Waals surface area contributed by atoms with Crippen LogP contribution in [-0.4, -0.2) is 16.4 Å². The van der Waals surface area contributed by atoms with E-state index in [2.05, 4.69) is 10.7 Å². The van der Waals surface area contributed by atoms with E-state index in [4.69, 9.17) is 5.84 Å². The predicted molar refractivity (Wildman–Crippen MR) is 75.2 cm³/mol. The highest BCUT2D eigenvalue weighted by Crippen LogP contribution is 2.30. The normalized spacial score (nSPS) is 16.7. The van der Waals surface area contributed by atoms with Crippen molar-refractivity contribution in [3.05, 3.63) is 33.9 Å². The molecule has 1 aliphatic rings. The van der Waals surface area contributed by atoms with Crippen molar-refractivity contribution in [3.8, 4) is 0 Å². The van der Waals surface area contributed by atoms with Gasteiger partial charge >= 0.3 is 0 Å². The van der Waals surface area contributed by atoms with Crippen LogP contribution in [-0.2, 0) is 0 Å². The van der Waals surface area contributed by atoms with Crippen LogP contribution in [0, 0.1) is 10.1 Å². The van der Waals surface area contributed by atoms with Gasteiger partial charge in [-0.25, -0.2) is 0 Å². The third-order valence-electron chi connectivity index (χ3n) is 3.73. The third-order valence-corrected chi connectivity index (χ3v) is 3.73. The number of amides is 1. The average molecular weight is 278 g/mol. The lowest BCUT2D eigenvalue weighted by Gasteiger charge is -2.25. The molecule has 1 amide bonds. The van der Waals surface area contributed by atoms with Crippen molar-refractivity contribution in [3.63, 3.8) is 0 Å². The minimum Gasteiger partial charge on any atom is -0.347 e. The zero-order valence-corrected chi connectivity index (χ0v) is 11.3. The molecule has 1 aromatic carbocycles. The van der Waals surface area contributed by atoms with Crippen molar-refractivity contribution >= 4 is 17.3 Å². The molecule has 0 unspecified atom stereocenters. The lowest BCUT2D eigenvalue weighted by molar-refractivity contribution is -0.384. The lowest BCUT2D eigenvalue weighted by atomic mass is 10.00. The van der Waals surface area contributed by atoms with Crippen LogP contribution in [0.4, 0.5) is 11.4 Å². The van der Waals surface area contributed by atoms with Crippen LogP contribution in [0.1, 0.15) is 43.0 Å². The van der Waals surface area contributed by atoms with Crippen molar-refractivity contribution < 1.29 is 9.72 Å². The van der Waals surface area contributed by atoms with Gasteiger partial charge in [-0.3, -0.25) is 20.8 Å². The van der Waals surface area contributed by atoms with Gasteiger partial charge in [-0.15, -0.1) is 0 Å². The van der Waals surface area contributed by atoms with Crippen molar-refractivity contribution in [1.29, 1.82) is 0 Å². The molecule has 1 aromatic rings. The van der Waals surface area contributed by atoms with E-state index in [1.165, 1.54) is 18.2 Å². The number of rotatable bonds is 4. The highest BCUT2D eigenvalue weighted by Gasteiger charge is 2.30. The van der Waals surface area contributed by atoms with E-state index in [-0.39, 0.29) is 22.8 Å². The van der Waals surface area contributed by atoms with Gasteiger partial charge < -0.3 is 10.7 Å². The molecule has 108 valence electrons. The highest BCUT2D eigenvalue weighted by atomic mass is 16.6. The van der Waals surface area contributed by atoms with Crippen molar-refractivity contribution in [2.45, 2.75) is 38.1 Å². The Balaban J connectivity index is 2.20. The second-order valence-corrected chi connectivity index (χ2v) is 5.36. The summed E-state index contributed by atoms with van der Waals surface area (Å²) < 4.78 is 0. The molecule has 7 heteroatoms. The van der Waals surface area contributed by atoms with Crippen LogP contribution in [0.3, 0.4) is 0 Å². The number of anilines is 1. The first-order valence-electron chi connectivity index (χ1n) is 6.53. The first kappa shape index (κ1) is 14.3. The SMILES string of the molecule is CC1(NC(=O)c2ccc([N+](=O)[O-])c(NN)c2)CCCC1. The Morgan fingerprint density at radius 3 is 2.60 bits per heavy atom. The van der Waals surface area contributed by atoms with Crippen LogP contribution < -0.4 is 16.6 Å². The molecule has 20 heavy (non-hydrogen) atoms. The Hall–Kier alpha value is -2.15. The van der Waals surface area contributed by atoms with Crippen molar-refractivity contribution in [1.82, 2.24) is 5.32 Å². The summed E-state index contributed by atoms with van der Waals surface area (Å²) in [6.45, 7) is 2.02. The molecule has 0 aromatic heterocycles. The summed E-state index contributed by atoms with van der Waals surface area (Å²) in [7, 11) is 0. The van der Waals surface area contributed by atoms with E-state index in [1.807, 2.05) is 6.92 Å². The van der Waals surface area contributed by atoms with Crippen molar-refractivity contribution in [2.75, 3.05) is 5.43 Å². The van der Waals surface area contributed by atoms with Gasteiger partial charge in [-0.05, 0) is 31.9 Å². The average Bonchev–Trinajstić information content (AvgIpc) is 2.84. The van der Waals surface area contributed by atoms with Gasteiger partial charge in [0.15, 0.2) is 0 Å². The highest BCUT2D eigenvalue weighted by molar-refractivity contribution is 5.96. The number of hydrogen-bond donors (Lipinski definition) is 3. The zero-order chi connectivity index (χ0) is 14.8. The fourth-order valence-corrected chi connectivity index (χ4v) is 2.58. The smallest absolute Gasteiger partial charge is 0.293 e. The summed E-state index contributed by atoms with van der Waals surface area (Å²) >= 11 is 0. The maximum atomic E-state index is 12.2. The Morgan fingerprint density at radius 1 is 1.40 bits per heavy atom. The number of hydrazine groups is 1. The Labute approximate surface area is 116 Å². The lowest BCUT2D eigenvalue weighted by Crippen LogP contribution is -2.43. The van der Waals surface area contributed by atoms with Crippen LogP contribution >= 0.6 is 0 Å². The summed E-state index contributed by atoms with van der Waals surface area (Å²) in [4.78, 5) is 22.5. The van der Waals surface area contributed by atoms with E-state index in [1.54, 1.807) is 0 Å². The number of carbonyl (C=O) groups excluding carboxylic acids is 1. The summed E-state index contributed by atoms with van der Waals surface area (Å²) in [5.41, 5.74) is 2.39. The van der Waals surface area contributed by atoms with Gasteiger partial charge in [-0.2, -0.15) is 0 Å². The van der Waals surface area contributed by atoms with Gasteiger partial charge in [0.05, 0.1) is 4.92 Å². The molecule has 1 aliphatic carbocycles. The van der Waals surface area contributed by atoms with Crippen LogP contribution in [0.2, 0.25) is 0 Å². The van der Waals surface area contributed by atoms with Gasteiger partial charge in [0.2, 0.25) is 0 Å². The van der Waals surface area contributed by atoms with E-state index in [0.29, 0.717) is 5.56 Å². The number of nitro groups is 1. The van der Waals surface area contributed by atoms with Crippen molar-refractivity contribution in [2.24, 2.45) is 5.84 Å². The monoisotopic (exact) mass is 278 g/mol. The minimum atomic E-state index is -0.546. The van der Waals surface area contributed by atoms with Gasteiger partial charge in [0.1, 0.15) is 5.69 Å². The topological polar surface area (TPSA) is 110 Å². The van der Waals surface area contributed by atoms with E-state index in [9.17, 15) is 14.9 Å². The van der Waals surface area contributed by atoms with Crippen LogP contribution in [0.25, 0.3) is 0 Å². The summed E-state index contributed by atoms with van der Waals surface area (Å²) in [5, 5.41) is 13.8. The summed E-state index contributed by atoms with van der Waals surface area (Å²) in [6.07, 6.45) is 4.11. The predicted octanol–water partition coefficient (Wildman–Crippen LogP) is 1.94. The van der Waals surface area contributed by atoms with Crippen LogP contribution in [0.15, 0.2) is 18.2 Å². The number of hydrogen-bond acceptors (Lipinski definition) is 5. The van der Waals surface area contributed by atoms with Gasteiger partial charge in [-0.1, -0.05) is 12.8 Å². The Kier molecular flexibility index (Phi) is 3.89. The van der Waals surface area contributed by atoms with E-state index >= 15 is 0 Å². The zero-order valence-electron chi connectivity index (χ0n) is 11.3. The first-order chi connectivity index (χ1) is 9.45. The van der Waals surface area contributed by atoms with Gasteiger partial charge in [0, 0.05) is 17.2 Å². The number of nitro benzene ring substituents is 1. The molecular weight excluding hydrogens is 260 g/mol. The van der Waals surface area contributed by atoms with Crippen LogP contribution in [0.5, 0.6) is 0 Å². The number of carbonyl (C=O) groups is 1. The number of nitrogens with zero attached hydrogens (tertiary/aromatic N) is 1. The first-order valence-corrected chi connectivity index (χ1v) is 6.53. The number of nitrogens with two attached hydrogens (primary N) is 1. The molecule has 1 saturated carbocycles. The summed E-state index contributed by atoms with van der Waals surface area (Å²) in [6, 6.07) is 4.11. The molecule has 4 N–H and O–H groups in total. The molecule has 0 saturated heterocycles. The maximum Gasteiger partial charge on any atom is 0.293 e. The number of nitrogen functional groups attached to an aromatic ring is 1. The fourth-order valence-electron chi connectivity index (χ4n) is 2.58. The second kappa shape index (κ2) is 5.46. The summed E-state index contributed by atoms with van der Waals surface area (Å²) in [5.74, 6) is 5.03. The quantitative estimate of drug-likeness (QED) is 0.443. The molecule has 0 spiro atoms. The molecule has 0 bridgehead atoms. The molecule has 0 atom stereocenters. The molecule has 7 nitrogen and oxygen atoms in total. The van der Waals surface area contributed by atoms with E-state index in [0.717, 1.165) is 25.7 Å². The molecule has 0 radical (unpaired) electrons. The molecule has 0 heterocycles. The Morgan fingerprint density at radius 2 is 2.05 bits per heavy atom. The minimum absolute atomic E-state index is 0.124. The third kappa shape index (κ3) is 2.88. The number of benzene rings is 1. The fraction of sp³-hybridized carbons (Fsp3) is 0.462. The Bertz CT molecular complexity index is 538. The molecule has 0 aliphatic heterocycles. The molecular formula is C13H18N4O3. The van der Waals surface area contributed by atoms with Gasteiger partial charge in [0.25, 0.3) is 11.6 Å². The second-order valence-electron chi connectivity index (χ2n) is 5.36. The maximum absolute atomic E-state index is 12.2. The largest absolute Gasteiger partial charge is 0.347 e. The standard InChI is InChI=1S/C13H18N4O3/c1-13(6-2-3-7-13)15-12(18)9-4-5-11(17(19)20)10(8-9)16-14/h4-5,8,16H,2-3,6-7,14H2,1H3,(H,15,18).